The van der Waals surface area contributed by atoms with Gasteiger partial charge in [0.2, 0.25) is 5.91 Å². The average Bonchev–Trinajstić information content (AvgIpc) is 2.97. The molecule has 3 N–H and O–H groups in total. The largest absolute Gasteiger partial charge is 0.356 e. The van der Waals surface area contributed by atoms with E-state index in [0.717, 1.165) is 11.3 Å². The molecule has 132 valence electrons. The van der Waals surface area contributed by atoms with Crippen molar-refractivity contribution >= 4 is 5.91 Å². The smallest absolute Gasteiger partial charge is 0.220 e. The number of rotatable bonds is 6. The van der Waals surface area contributed by atoms with Gasteiger partial charge in [-0.05, 0) is 36.8 Å². The number of carbonyl (C=O) groups is 1. The summed E-state index contributed by atoms with van der Waals surface area (Å²) in [5.41, 5.74) is 8.34. The molecule has 25 heavy (non-hydrogen) atoms. The second-order valence-corrected chi connectivity index (χ2v) is 6.40. The monoisotopic (exact) mass is 342 g/mol. The molecular formula is C19H23FN4O. The Morgan fingerprint density at radius 1 is 1.20 bits per heavy atom. The average molecular weight is 342 g/mol. The van der Waals surface area contributed by atoms with Crippen molar-refractivity contribution in [2.24, 2.45) is 5.92 Å². The molecule has 3 unspecified atom stereocenters. The summed E-state index contributed by atoms with van der Waals surface area (Å²) in [5, 5.41) is 2.97. The highest BCUT2D eigenvalue weighted by Gasteiger charge is 2.35. The molecule has 1 amide bonds. The first-order valence-corrected chi connectivity index (χ1v) is 8.56. The third-order valence-electron chi connectivity index (χ3n) is 4.62. The SMILES string of the molecule is CC1NNC(c2ccc(F)cc2)C1CC(=O)NCCc1ccccn1. The molecule has 1 aromatic heterocycles. The summed E-state index contributed by atoms with van der Waals surface area (Å²) in [6.45, 7) is 2.61. The number of nitrogens with one attached hydrogen (secondary N) is 3. The Hall–Kier alpha value is -2.31. The number of halogens is 1. The minimum Gasteiger partial charge on any atom is -0.356 e. The summed E-state index contributed by atoms with van der Waals surface area (Å²) in [4.78, 5) is 16.6. The van der Waals surface area contributed by atoms with Crippen LogP contribution >= 0.6 is 0 Å². The van der Waals surface area contributed by atoms with Gasteiger partial charge in [0.25, 0.3) is 0 Å². The fraction of sp³-hybridized carbons (Fsp3) is 0.368. The van der Waals surface area contributed by atoms with E-state index in [2.05, 4.69) is 21.2 Å². The molecule has 0 radical (unpaired) electrons. The van der Waals surface area contributed by atoms with E-state index in [4.69, 9.17) is 0 Å². The van der Waals surface area contributed by atoms with E-state index in [1.807, 2.05) is 25.1 Å². The zero-order valence-electron chi connectivity index (χ0n) is 14.2. The lowest BCUT2D eigenvalue weighted by molar-refractivity contribution is -0.122. The van der Waals surface area contributed by atoms with Crippen molar-refractivity contribution in [2.45, 2.75) is 31.8 Å². The van der Waals surface area contributed by atoms with E-state index in [1.165, 1.54) is 12.1 Å². The normalized spacial score (nSPS) is 22.7. The van der Waals surface area contributed by atoms with Crippen molar-refractivity contribution in [1.82, 2.24) is 21.2 Å². The number of carbonyl (C=O) groups excluding carboxylic acids is 1. The van der Waals surface area contributed by atoms with Crippen LogP contribution in [0.4, 0.5) is 4.39 Å². The molecule has 1 saturated heterocycles. The molecule has 0 spiro atoms. The molecule has 3 rings (SSSR count). The molecule has 0 aliphatic carbocycles. The van der Waals surface area contributed by atoms with E-state index in [1.54, 1.807) is 18.3 Å². The molecule has 0 saturated carbocycles. The van der Waals surface area contributed by atoms with Crippen LogP contribution in [0.15, 0.2) is 48.7 Å². The minimum atomic E-state index is -0.258. The Labute approximate surface area is 147 Å². The Morgan fingerprint density at radius 3 is 2.72 bits per heavy atom. The Kier molecular flexibility index (Phi) is 5.73. The Bertz CT molecular complexity index is 692. The summed E-state index contributed by atoms with van der Waals surface area (Å²) in [7, 11) is 0. The van der Waals surface area contributed by atoms with Crippen molar-refractivity contribution in [3.63, 3.8) is 0 Å². The number of hydrogen-bond donors (Lipinski definition) is 3. The number of pyridine rings is 1. The molecule has 1 aromatic carbocycles. The Balaban J connectivity index is 1.54. The van der Waals surface area contributed by atoms with Crippen LogP contribution in [0, 0.1) is 11.7 Å². The van der Waals surface area contributed by atoms with Crippen LogP contribution in [0.1, 0.15) is 30.6 Å². The van der Waals surface area contributed by atoms with E-state index < -0.39 is 0 Å². The molecule has 2 heterocycles. The highest BCUT2D eigenvalue weighted by atomic mass is 19.1. The van der Waals surface area contributed by atoms with Gasteiger partial charge >= 0.3 is 0 Å². The molecular weight excluding hydrogens is 319 g/mol. The van der Waals surface area contributed by atoms with E-state index in [0.29, 0.717) is 19.4 Å². The highest BCUT2D eigenvalue weighted by Crippen LogP contribution is 2.31. The van der Waals surface area contributed by atoms with Gasteiger partial charge in [0, 0.05) is 43.2 Å². The van der Waals surface area contributed by atoms with Crippen molar-refractivity contribution in [3.8, 4) is 0 Å². The van der Waals surface area contributed by atoms with Gasteiger partial charge in [0.05, 0.1) is 6.04 Å². The maximum atomic E-state index is 13.1. The number of hydrazine groups is 1. The number of aromatic nitrogens is 1. The predicted octanol–water partition coefficient (Wildman–Crippen LogP) is 2.12. The topological polar surface area (TPSA) is 66.0 Å². The van der Waals surface area contributed by atoms with Crippen molar-refractivity contribution in [1.29, 1.82) is 0 Å². The summed E-state index contributed by atoms with van der Waals surface area (Å²) in [6.07, 6.45) is 2.87. The number of benzene rings is 1. The molecule has 1 aliphatic heterocycles. The summed E-state index contributed by atoms with van der Waals surface area (Å²) < 4.78 is 13.1. The summed E-state index contributed by atoms with van der Waals surface area (Å²) in [6, 6.07) is 12.3. The van der Waals surface area contributed by atoms with E-state index in [-0.39, 0.29) is 29.7 Å². The second-order valence-electron chi connectivity index (χ2n) is 6.40. The summed E-state index contributed by atoms with van der Waals surface area (Å²) >= 11 is 0. The third-order valence-corrected chi connectivity index (χ3v) is 4.62. The maximum absolute atomic E-state index is 13.1. The van der Waals surface area contributed by atoms with Gasteiger partial charge in [-0.15, -0.1) is 0 Å². The molecule has 0 bridgehead atoms. The van der Waals surface area contributed by atoms with Gasteiger partial charge in [-0.3, -0.25) is 15.2 Å². The fourth-order valence-electron chi connectivity index (χ4n) is 3.18. The van der Waals surface area contributed by atoms with Gasteiger partial charge in [-0.2, -0.15) is 0 Å². The molecule has 2 aromatic rings. The van der Waals surface area contributed by atoms with Gasteiger partial charge < -0.3 is 5.32 Å². The van der Waals surface area contributed by atoms with Crippen molar-refractivity contribution in [3.05, 3.63) is 65.7 Å². The van der Waals surface area contributed by atoms with Crippen LogP contribution in [-0.4, -0.2) is 23.5 Å². The first kappa shape index (κ1) is 17.5. The predicted molar refractivity (Wildman–Crippen MR) is 93.9 cm³/mol. The van der Waals surface area contributed by atoms with Crippen molar-refractivity contribution < 1.29 is 9.18 Å². The minimum absolute atomic E-state index is 0.0165. The maximum Gasteiger partial charge on any atom is 0.220 e. The van der Waals surface area contributed by atoms with Gasteiger partial charge in [-0.1, -0.05) is 18.2 Å². The van der Waals surface area contributed by atoms with Crippen LogP contribution in [0.2, 0.25) is 0 Å². The lowest BCUT2D eigenvalue weighted by Gasteiger charge is -2.21. The number of amides is 1. The number of hydrogen-bond acceptors (Lipinski definition) is 4. The third kappa shape index (κ3) is 4.61. The second kappa shape index (κ2) is 8.18. The van der Waals surface area contributed by atoms with Gasteiger partial charge in [0.15, 0.2) is 0 Å². The zero-order chi connectivity index (χ0) is 17.6. The number of nitrogens with zero attached hydrogens (tertiary/aromatic N) is 1. The molecule has 1 fully saturated rings. The quantitative estimate of drug-likeness (QED) is 0.752. The first-order valence-electron chi connectivity index (χ1n) is 8.56. The lowest BCUT2D eigenvalue weighted by Crippen LogP contribution is -2.32. The molecule has 6 heteroatoms. The van der Waals surface area contributed by atoms with E-state index >= 15 is 0 Å². The molecule has 5 nitrogen and oxygen atoms in total. The van der Waals surface area contributed by atoms with Crippen molar-refractivity contribution in [2.75, 3.05) is 6.54 Å². The van der Waals surface area contributed by atoms with E-state index in [9.17, 15) is 9.18 Å². The Morgan fingerprint density at radius 2 is 2.00 bits per heavy atom. The van der Waals surface area contributed by atoms with Crippen LogP contribution in [-0.2, 0) is 11.2 Å². The van der Waals surface area contributed by atoms with Crippen LogP contribution in [0.5, 0.6) is 0 Å². The van der Waals surface area contributed by atoms with Gasteiger partial charge in [0.1, 0.15) is 5.82 Å². The fourth-order valence-corrected chi connectivity index (χ4v) is 3.18. The van der Waals surface area contributed by atoms with Gasteiger partial charge in [-0.25, -0.2) is 9.82 Å². The molecule has 1 aliphatic rings. The first-order chi connectivity index (χ1) is 12.1. The lowest BCUT2D eigenvalue weighted by atomic mass is 9.87. The zero-order valence-corrected chi connectivity index (χ0v) is 14.2. The summed E-state index contributed by atoms with van der Waals surface area (Å²) in [5.74, 6) is -0.141. The highest BCUT2D eigenvalue weighted by molar-refractivity contribution is 5.76. The van der Waals surface area contributed by atoms with Crippen LogP contribution in [0.3, 0.4) is 0 Å². The van der Waals surface area contributed by atoms with Crippen LogP contribution in [0.25, 0.3) is 0 Å². The standard InChI is InChI=1S/C19H23FN4O/c1-13-17(19(24-23-13)14-5-7-15(20)8-6-14)12-18(25)22-11-9-16-4-2-3-10-21-16/h2-8,10,13,17,19,23-24H,9,11-12H2,1H3,(H,22,25). The van der Waals surface area contributed by atoms with Crippen LogP contribution < -0.4 is 16.2 Å². The molecule has 3 atom stereocenters.